The summed E-state index contributed by atoms with van der Waals surface area (Å²) in [5, 5.41) is 11.1. The van der Waals surface area contributed by atoms with Gasteiger partial charge in [-0.05, 0) is 45.4 Å². The van der Waals surface area contributed by atoms with Crippen molar-refractivity contribution >= 4 is 11.9 Å². The average molecular weight is 420 g/mol. The Kier molecular flexibility index (Phi) is 8.77. The van der Waals surface area contributed by atoms with Crippen LogP contribution < -0.4 is 16.3 Å². The largest absolute Gasteiger partial charge is 0.357 e. The number of guanidine groups is 1. The molecule has 0 saturated carbocycles. The van der Waals surface area contributed by atoms with E-state index in [1.807, 2.05) is 16.4 Å². The summed E-state index contributed by atoms with van der Waals surface area (Å²) in [5.41, 5.74) is 0.0216. The summed E-state index contributed by atoms with van der Waals surface area (Å²) in [5.74, 6) is 2.01. The molecule has 3 rings (SSSR count). The minimum absolute atomic E-state index is 0.0216. The first-order valence-corrected chi connectivity index (χ1v) is 11.7. The number of aromatic nitrogens is 3. The molecule has 2 N–H and O–H groups in total. The number of rotatable bonds is 9. The number of hydrogen-bond acceptors (Lipinski definition) is 4. The highest BCUT2D eigenvalue weighted by molar-refractivity contribution is 5.79. The maximum atomic E-state index is 12.4. The normalized spacial score (nSPS) is 17.6. The number of aryl methyl sites for hydroxylation is 2. The van der Waals surface area contributed by atoms with Gasteiger partial charge in [-0.15, -0.1) is 0 Å². The Morgan fingerprint density at radius 2 is 1.83 bits per heavy atom. The molecule has 0 radical (unpaired) electrons. The number of hydrogen-bond donors (Lipinski definition) is 2. The minimum atomic E-state index is 0.0216. The van der Waals surface area contributed by atoms with Gasteiger partial charge in [-0.1, -0.05) is 6.42 Å². The van der Waals surface area contributed by atoms with Gasteiger partial charge in [0.25, 0.3) is 0 Å². The Hall–Kier alpha value is -2.32. The second-order valence-electron chi connectivity index (χ2n) is 8.12. The fraction of sp³-hybridized carbons (Fsp3) is 0.810. The van der Waals surface area contributed by atoms with Crippen molar-refractivity contribution in [3.63, 3.8) is 0 Å². The predicted octanol–water partition coefficient (Wildman–Crippen LogP) is 1.12. The quantitative estimate of drug-likeness (QED) is 0.355. The summed E-state index contributed by atoms with van der Waals surface area (Å²) in [6.07, 6.45) is 8.75. The number of carbonyl (C=O) groups excluding carboxylic acids is 1. The molecule has 1 aromatic heterocycles. The predicted molar refractivity (Wildman–Crippen MR) is 118 cm³/mol. The molecule has 0 atom stereocenters. The molecular weight excluding hydrogens is 382 g/mol. The van der Waals surface area contributed by atoms with Crippen molar-refractivity contribution in [2.24, 2.45) is 4.99 Å². The van der Waals surface area contributed by atoms with Gasteiger partial charge in [-0.3, -0.25) is 14.4 Å². The molecular formula is C21H37N7O2. The Morgan fingerprint density at radius 1 is 1.00 bits per heavy atom. The molecule has 2 aliphatic heterocycles. The van der Waals surface area contributed by atoms with Crippen LogP contribution in [0.3, 0.4) is 0 Å². The molecule has 3 heterocycles. The SMILES string of the molecule is CCNC(=NCCCN1CCCCCC1=O)NCCCn1nc2n(c1=O)CCCC2. The first kappa shape index (κ1) is 22.4. The molecule has 1 aromatic rings. The molecule has 1 fully saturated rings. The lowest BCUT2D eigenvalue weighted by Crippen LogP contribution is -2.38. The maximum absolute atomic E-state index is 12.4. The van der Waals surface area contributed by atoms with Gasteiger partial charge in [0.1, 0.15) is 5.82 Å². The molecule has 0 aromatic carbocycles. The van der Waals surface area contributed by atoms with Crippen LogP contribution in [0.1, 0.15) is 64.1 Å². The van der Waals surface area contributed by atoms with E-state index < -0.39 is 0 Å². The third-order valence-electron chi connectivity index (χ3n) is 5.74. The average Bonchev–Trinajstić information content (AvgIpc) is 2.92. The molecule has 2 aliphatic rings. The first-order chi connectivity index (χ1) is 14.7. The van der Waals surface area contributed by atoms with E-state index in [0.717, 1.165) is 95.9 Å². The molecule has 0 aliphatic carbocycles. The molecule has 30 heavy (non-hydrogen) atoms. The number of carbonyl (C=O) groups is 1. The van der Waals surface area contributed by atoms with Crippen molar-refractivity contribution in [3.8, 4) is 0 Å². The highest BCUT2D eigenvalue weighted by atomic mass is 16.2. The minimum Gasteiger partial charge on any atom is -0.357 e. The van der Waals surface area contributed by atoms with Crippen molar-refractivity contribution in [2.45, 2.75) is 77.8 Å². The van der Waals surface area contributed by atoms with Gasteiger partial charge >= 0.3 is 5.69 Å². The Labute approximate surface area is 178 Å². The summed E-state index contributed by atoms with van der Waals surface area (Å²) >= 11 is 0. The van der Waals surface area contributed by atoms with Gasteiger partial charge in [-0.2, -0.15) is 5.10 Å². The van der Waals surface area contributed by atoms with Crippen molar-refractivity contribution in [1.29, 1.82) is 0 Å². The monoisotopic (exact) mass is 419 g/mol. The highest BCUT2D eigenvalue weighted by Crippen LogP contribution is 2.11. The molecule has 1 saturated heterocycles. The van der Waals surface area contributed by atoms with Crippen LogP contribution in [0.15, 0.2) is 9.79 Å². The number of nitrogens with zero attached hydrogens (tertiary/aromatic N) is 5. The van der Waals surface area contributed by atoms with E-state index in [0.29, 0.717) is 19.5 Å². The van der Waals surface area contributed by atoms with Gasteiger partial charge in [-0.25, -0.2) is 9.48 Å². The van der Waals surface area contributed by atoms with E-state index in [9.17, 15) is 9.59 Å². The summed E-state index contributed by atoms with van der Waals surface area (Å²) in [6, 6.07) is 0. The Bertz CT molecular complexity index is 768. The van der Waals surface area contributed by atoms with Gasteiger partial charge < -0.3 is 15.5 Å². The van der Waals surface area contributed by atoms with Crippen molar-refractivity contribution < 1.29 is 4.79 Å². The molecule has 9 nitrogen and oxygen atoms in total. The molecule has 0 unspecified atom stereocenters. The topological polar surface area (TPSA) is 96.6 Å². The van der Waals surface area contributed by atoms with Gasteiger partial charge in [0.15, 0.2) is 5.96 Å². The second kappa shape index (κ2) is 11.8. The lowest BCUT2D eigenvalue weighted by Gasteiger charge is -2.20. The fourth-order valence-electron chi connectivity index (χ4n) is 4.10. The van der Waals surface area contributed by atoms with Crippen LogP contribution in [0.5, 0.6) is 0 Å². The van der Waals surface area contributed by atoms with Gasteiger partial charge in [0.05, 0.1) is 0 Å². The van der Waals surface area contributed by atoms with E-state index in [1.165, 1.54) is 0 Å². The zero-order valence-corrected chi connectivity index (χ0v) is 18.4. The van der Waals surface area contributed by atoms with E-state index in [1.54, 1.807) is 4.68 Å². The van der Waals surface area contributed by atoms with Crippen molar-refractivity contribution in [1.82, 2.24) is 29.9 Å². The zero-order chi connectivity index (χ0) is 21.2. The van der Waals surface area contributed by atoms with Crippen molar-refractivity contribution in [3.05, 3.63) is 16.3 Å². The maximum Gasteiger partial charge on any atom is 0.345 e. The first-order valence-electron chi connectivity index (χ1n) is 11.7. The number of nitrogens with one attached hydrogen (secondary N) is 2. The third-order valence-corrected chi connectivity index (χ3v) is 5.74. The van der Waals surface area contributed by atoms with Crippen molar-refractivity contribution in [2.75, 3.05) is 32.7 Å². The number of aliphatic imine (C=N–C) groups is 1. The second-order valence-corrected chi connectivity index (χ2v) is 8.12. The van der Waals surface area contributed by atoms with Gasteiger partial charge in [0, 0.05) is 58.7 Å². The van der Waals surface area contributed by atoms with Crippen LogP contribution in [0.4, 0.5) is 0 Å². The van der Waals surface area contributed by atoms with Gasteiger partial charge in [0.2, 0.25) is 5.91 Å². The lowest BCUT2D eigenvalue weighted by molar-refractivity contribution is -0.130. The summed E-state index contributed by atoms with van der Waals surface area (Å²) < 4.78 is 3.42. The van der Waals surface area contributed by atoms with E-state index >= 15 is 0 Å². The fourth-order valence-corrected chi connectivity index (χ4v) is 4.10. The Balaban J connectivity index is 1.39. The van der Waals surface area contributed by atoms with Crippen LogP contribution in [0.2, 0.25) is 0 Å². The molecule has 9 heteroatoms. The van der Waals surface area contributed by atoms with Crippen LogP contribution in [-0.2, 0) is 24.3 Å². The van der Waals surface area contributed by atoms with Crippen LogP contribution in [0.25, 0.3) is 0 Å². The number of fused-ring (bicyclic) bond motifs is 1. The van der Waals surface area contributed by atoms with Crippen LogP contribution in [0, 0.1) is 0 Å². The van der Waals surface area contributed by atoms with E-state index in [4.69, 9.17) is 0 Å². The smallest absolute Gasteiger partial charge is 0.345 e. The van der Waals surface area contributed by atoms with E-state index in [2.05, 4.69) is 20.7 Å². The summed E-state index contributed by atoms with van der Waals surface area (Å²) in [6.45, 7) is 7.34. The summed E-state index contributed by atoms with van der Waals surface area (Å²) in [7, 11) is 0. The zero-order valence-electron chi connectivity index (χ0n) is 18.4. The summed E-state index contributed by atoms with van der Waals surface area (Å²) in [4.78, 5) is 31.1. The standard InChI is InChI=1S/C21H37N7O2/c1-2-22-20(23-12-8-15-26-14-6-3-4-11-19(26)29)24-13-9-17-28-21(30)27-16-7-5-10-18(27)25-28/h2-17H2,1H3,(H2,22,23,24). The number of likely N-dealkylation sites (tertiary alicyclic amines) is 1. The Morgan fingerprint density at radius 3 is 2.67 bits per heavy atom. The van der Waals surface area contributed by atoms with Crippen LogP contribution >= 0.6 is 0 Å². The van der Waals surface area contributed by atoms with Crippen LogP contribution in [-0.4, -0.2) is 63.8 Å². The molecule has 0 spiro atoms. The van der Waals surface area contributed by atoms with E-state index in [-0.39, 0.29) is 11.6 Å². The lowest BCUT2D eigenvalue weighted by atomic mass is 10.2. The third kappa shape index (κ3) is 6.34. The number of amides is 1. The molecule has 168 valence electrons. The highest BCUT2D eigenvalue weighted by Gasteiger charge is 2.17. The molecule has 1 amide bonds. The molecule has 0 bridgehead atoms.